The summed E-state index contributed by atoms with van der Waals surface area (Å²) in [4.78, 5) is 15.9. The highest BCUT2D eigenvalue weighted by Gasteiger charge is 2.27. The van der Waals surface area contributed by atoms with Crippen LogP contribution in [0, 0.1) is 12.7 Å². The molecule has 28 heavy (non-hydrogen) atoms. The molecule has 5 nitrogen and oxygen atoms in total. The quantitative estimate of drug-likeness (QED) is 0.521. The molecule has 142 valence electrons. The third-order valence-corrected chi connectivity index (χ3v) is 5.87. The number of hydrogen-bond donors (Lipinski definition) is 1. The molecule has 5 rings (SSSR count). The number of rotatable bonds is 3. The number of nitrogens with one attached hydrogen (secondary N) is 1. The maximum Gasteiger partial charge on any atom is 0.157 e. The molecule has 0 bridgehead atoms. The topological polar surface area (TPSA) is 51.9 Å². The minimum absolute atomic E-state index is 0.289. The van der Waals surface area contributed by atoms with Gasteiger partial charge in [0.25, 0.3) is 0 Å². The molecule has 3 heterocycles. The standard InChI is InChI=1S/C22H21FN4O/c1-4-15-10-24-19-12(2)5-6-14-9-18(27(15)20(14)19)22-25-17-8-13(11-28)7-16(23)21(17)26(22)3/h5-9,11,15,24H,4,10H2,1-3H3. The van der Waals surface area contributed by atoms with Crippen LogP contribution in [0.1, 0.15) is 35.3 Å². The lowest BCUT2D eigenvalue weighted by molar-refractivity contribution is 0.112. The summed E-state index contributed by atoms with van der Waals surface area (Å²) in [7, 11) is 1.83. The Hall–Kier alpha value is -3.15. The van der Waals surface area contributed by atoms with Gasteiger partial charge in [-0.3, -0.25) is 4.79 Å². The molecule has 1 atom stereocenters. The van der Waals surface area contributed by atoms with E-state index in [0.717, 1.165) is 29.7 Å². The number of fused-ring (bicyclic) bond motifs is 1. The summed E-state index contributed by atoms with van der Waals surface area (Å²) < 4.78 is 18.8. The van der Waals surface area contributed by atoms with Gasteiger partial charge in [0.05, 0.1) is 28.5 Å². The molecule has 0 saturated heterocycles. The summed E-state index contributed by atoms with van der Waals surface area (Å²) >= 11 is 0. The summed E-state index contributed by atoms with van der Waals surface area (Å²) in [5.74, 6) is 0.276. The first-order valence-corrected chi connectivity index (χ1v) is 9.53. The second kappa shape index (κ2) is 5.92. The Labute approximate surface area is 161 Å². The van der Waals surface area contributed by atoms with Gasteiger partial charge >= 0.3 is 0 Å². The Balaban J connectivity index is 1.86. The SMILES string of the molecule is CCC1CNc2c(C)ccc3cc(-c4nc5cc(C=O)cc(F)c5n4C)n1c23. The van der Waals surface area contributed by atoms with Gasteiger partial charge in [-0.15, -0.1) is 0 Å². The molecule has 1 aliphatic rings. The van der Waals surface area contributed by atoms with E-state index < -0.39 is 5.82 Å². The number of hydrogen-bond acceptors (Lipinski definition) is 3. The Morgan fingerprint density at radius 2 is 2.11 bits per heavy atom. The summed E-state index contributed by atoms with van der Waals surface area (Å²) in [5.41, 5.74) is 5.72. The first kappa shape index (κ1) is 17.0. The van der Waals surface area contributed by atoms with Gasteiger partial charge in [0.1, 0.15) is 17.6 Å². The van der Waals surface area contributed by atoms with E-state index in [4.69, 9.17) is 4.98 Å². The van der Waals surface area contributed by atoms with Crippen molar-refractivity contribution in [3.63, 3.8) is 0 Å². The number of anilines is 1. The Kier molecular flexibility index (Phi) is 3.59. The molecule has 0 saturated carbocycles. The zero-order chi connectivity index (χ0) is 19.6. The van der Waals surface area contributed by atoms with E-state index in [1.54, 1.807) is 10.6 Å². The van der Waals surface area contributed by atoms with Crippen LogP contribution in [-0.2, 0) is 7.05 Å². The smallest absolute Gasteiger partial charge is 0.157 e. The summed E-state index contributed by atoms with van der Waals surface area (Å²) in [6.45, 7) is 5.13. The Morgan fingerprint density at radius 1 is 1.29 bits per heavy atom. The van der Waals surface area contributed by atoms with Gasteiger partial charge in [0, 0.05) is 24.5 Å². The second-order valence-electron chi connectivity index (χ2n) is 7.52. The van der Waals surface area contributed by atoms with E-state index in [-0.39, 0.29) is 6.04 Å². The lowest BCUT2D eigenvalue weighted by Crippen LogP contribution is -2.24. The largest absolute Gasteiger partial charge is 0.381 e. The van der Waals surface area contributed by atoms with Crippen LogP contribution < -0.4 is 5.32 Å². The maximum atomic E-state index is 14.6. The fourth-order valence-corrected chi connectivity index (χ4v) is 4.45. The number of carbonyl (C=O) groups excluding carboxylic acids is 1. The zero-order valence-corrected chi connectivity index (χ0v) is 16.1. The number of aldehydes is 1. The highest BCUT2D eigenvalue weighted by atomic mass is 19.1. The predicted molar refractivity (Wildman–Crippen MR) is 110 cm³/mol. The Morgan fingerprint density at radius 3 is 2.86 bits per heavy atom. The minimum Gasteiger partial charge on any atom is -0.381 e. The van der Waals surface area contributed by atoms with Crippen molar-refractivity contribution in [3.05, 3.63) is 47.3 Å². The summed E-state index contributed by atoms with van der Waals surface area (Å²) in [6.07, 6.45) is 1.63. The average molecular weight is 376 g/mol. The van der Waals surface area contributed by atoms with Crippen LogP contribution in [0.2, 0.25) is 0 Å². The first-order chi connectivity index (χ1) is 13.5. The highest BCUT2D eigenvalue weighted by molar-refractivity contribution is 5.98. The summed E-state index contributed by atoms with van der Waals surface area (Å²) in [5, 5.41) is 4.72. The van der Waals surface area contributed by atoms with Crippen molar-refractivity contribution in [1.82, 2.24) is 14.1 Å². The highest BCUT2D eigenvalue weighted by Crippen LogP contribution is 2.41. The normalized spacial score (nSPS) is 15.9. The number of halogens is 1. The molecule has 6 heteroatoms. The number of nitrogens with zero attached hydrogens (tertiary/aromatic N) is 3. The van der Waals surface area contributed by atoms with Crippen molar-refractivity contribution >= 4 is 33.9 Å². The van der Waals surface area contributed by atoms with Gasteiger partial charge < -0.3 is 14.5 Å². The molecule has 0 radical (unpaired) electrons. The molecule has 1 N–H and O–H groups in total. The van der Waals surface area contributed by atoms with Gasteiger partial charge in [0.15, 0.2) is 5.82 Å². The van der Waals surface area contributed by atoms with Crippen molar-refractivity contribution < 1.29 is 9.18 Å². The first-order valence-electron chi connectivity index (χ1n) is 9.53. The maximum absolute atomic E-state index is 14.6. The van der Waals surface area contributed by atoms with E-state index in [1.807, 2.05) is 7.05 Å². The number of imidazole rings is 1. The van der Waals surface area contributed by atoms with E-state index in [9.17, 15) is 9.18 Å². The fraction of sp³-hybridized carbons (Fsp3) is 0.273. The molecule has 1 unspecified atom stereocenters. The van der Waals surface area contributed by atoms with E-state index in [1.165, 1.54) is 17.1 Å². The monoisotopic (exact) mass is 376 g/mol. The number of aryl methyl sites for hydroxylation is 2. The van der Waals surface area contributed by atoms with Crippen LogP contribution >= 0.6 is 0 Å². The number of aromatic nitrogens is 3. The summed E-state index contributed by atoms with van der Waals surface area (Å²) in [6, 6.07) is 9.57. The molecule has 2 aromatic carbocycles. The third-order valence-electron chi connectivity index (χ3n) is 5.87. The van der Waals surface area contributed by atoms with Crippen LogP contribution in [0.5, 0.6) is 0 Å². The van der Waals surface area contributed by atoms with Gasteiger partial charge in [-0.1, -0.05) is 19.1 Å². The third kappa shape index (κ3) is 2.17. The molecule has 2 aromatic heterocycles. The molecule has 0 aliphatic carbocycles. The molecule has 0 amide bonds. The molecular formula is C22H21FN4O. The van der Waals surface area contributed by atoms with E-state index >= 15 is 0 Å². The number of carbonyl (C=O) groups is 1. The van der Waals surface area contributed by atoms with Crippen LogP contribution in [0.3, 0.4) is 0 Å². The van der Waals surface area contributed by atoms with Gasteiger partial charge in [-0.2, -0.15) is 0 Å². The zero-order valence-electron chi connectivity index (χ0n) is 16.1. The van der Waals surface area contributed by atoms with Crippen LogP contribution in [0.15, 0.2) is 30.3 Å². The second-order valence-corrected chi connectivity index (χ2v) is 7.52. The van der Waals surface area contributed by atoms with Crippen molar-refractivity contribution in [2.24, 2.45) is 7.05 Å². The Bertz CT molecular complexity index is 1270. The van der Waals surface area contributed by atoms with Gasteiger partial charge in [-0.25, -0.2) is 9.37 Å². The minimum atomic E-state index is -0.430. The molecule has 1 aliphatic heterocycles. The van der Waals surface area contributed by atoms with Crippen molar-refractivity contribution in [1.29, 1.82) is 0 Å². The van der Waals surface area contributed by atoms with Crippen LogP contribution in [0.4, 0.5) is 10.1 Å². The van der Waals surface area contributed by atoms with Crippen molar-refractivity contribution in [2.45, 2.75) is 26.3 Å². The van der Waals surface area contributed by atoms with Crippen molar-refractivity contribution in [3.8, 4) is 11.5 Å². The van der Waals surface area contributed by atoms with E-state index in [0.29, 0.717) is 28.7 Å². The van der Waals surface area contributed by atoms with Crippen LogP contribution in [-0.4, -0.2) is 26.9 Å². The van der Waals surface area contributed by atoms with Gasteiger partial charge in [-0.05, 0) is 37.1 Å². The molecule has 0 fully saturated rings. The fourth-order valence-electron chi connectivity index (χ4n) is 4.45. The number of benzene rings is 2. The van der Waals surface area contributed by atoms with Crippen molar-refractivity contribution in [2.75, 3.05) is 11.9 Å². The van der Waals surface area contributed by atoms with E-state index in [2.05, 4.69) is 41.9 Å². The lowest BCUT2D eigenvalue weighted by atomic mass is 10.1. The average Bonchev–Trinajstić information content (AvgIpc) is 3.23. The predicted octanol–water partition coefficient (Wildman–Crippen LogP) is 4.83. The molecular weight excluding hydrogens is 355 g/mol. The van der Waals surface area contributed by atoms with Gasteiger partial charge in [0.2, 0.25) is 0 Å². The van der Waals surface area contributed by atoms with Crippen LogP contribution in [0.25, 0.3) is 33.5 Å². The molecule has 0 spiro atoms. The lowest BCUT2D eigenvalue weighted by Gasteiger charge is -2.29. The molecule has 4 aromatic rings.